The van der Waals surface area contributed by atoms with Crippen LogP contribution in [0.2, 0.25) is 0 Å². The van der Waals surface area contributed by atoms with Gasteiger partial charge in [0.15, 0.2) is 5.13 Å². The molecule has 1 aromatic heterocycles. The van der Waals surface area contributed by atoms with Crippen molar-refractivity contribution in [2.24, 2.45) is 0 Å². The molecule has 3 nitrogen and oxygen atoms in total. The molecule has 1 aromatic carbocycles. The molecule has 0 radical (unpaired) electrons. The molecule has 1 N–H and O–H groups in total. The van der Waals surface area contributed by atoms with Crippen molar-refractivity contribution in [3.8, 4) is 0 Å². The molecule has 0 bridgehead atoms. The maximum Gasteiger partial charge on any atom is 0.250 e. The van der Waals surface area contributed by atoms with Crippen molar-refractivity contribution in [2.75, 3.05) is 5.32 Å². The Hall–Kier alpha value is -1.94. The first-order valence-electron chi connectivity index (χ1n) is 5.19. The van der Waals surface area contributed by atoms with Crippen molar-refractivity contribution in [3.63, 3.8) is 0 Å². The van der Waals surface area contributed by atoms with E-state index in [0.29, 0.717) is 5.13 Å². The number of rotatable bonds is 3. The summed E-state index contributed by atoms with van der Waals surface area (Å²) in [4.78, 5) is 15.5. The molecule has 0 unspecified atom stereocenters. The number of nitrogens with one attached hydrogen (secondary N) is 1. The van der Waals surface area contributed by atoms with Crippen molar-refractivity contribution in [3.05, 3.63) is 53.0 Å². The second-order valence-electron chi connectivity index (χ2n) is 3.57. The van der Waals surface area contributed by atoms with Gasteiger partial charge in [-0.15, -0.1) is 11.3 Å². The van der Waals surface area contributed by atoms with E-state index in [2.05, 4.69) is 10.3 Å². The average molecular weight is 244 g/mol. The summed E-state index contributed by atoms with van der Waals surface area (Å²) < 4.78 is 0. The van der Waals surface area contributed by atoms with Crippen molar-refractivity contribution in [2.45, 2.75) is 6.92 Å². The number of aromatic nitrogens is 1. The molecule has 0 aliphatic rings. The van der Waals surface area contributed by atoms with Gasteiger partial charge >= 0.3 is 0 Å². The molecular formula is C13H12N2OS. The van der Waals surface area contributed by atoms with E-state index >= 15 is 0 Å². The van der Waals surface area contributed by atoms with Crippen LogP contribution in [-0.2, 0) is 4.79 Å². The summed E-state index contributed by atoms with van der Waals surface area (Å²) in [6, 6.07) is 7.97. The number of nitrogens with zero attached hydrogens (tertiary/aromatic N) is 1. The summed E-state index contributed by atoms with van der Waals surface area (Å²) in [5, 5.41) is 5.12. The topological polar surface area (TPSA) is 42.0 Å². The Bertz CT molecular complexity index is 515. The van der Waals surface area contributed by atoms with Crippen molar-refractivity contribution < 1.29 is 4.79 Å². The highest BCUT2D eigenvalue weighted by Gasteiger charge is 1.98. The van der Waals surface area contributed by atoms with E-state index in [1.54, 1.807) is 12.3 Å². The first-order chi connectivity index (χ1) is 8.24. The number of thiazole rings is 1. The monoisotopic (exact) mass is 244 g/mol. The summed E-state index contributed by atoms with van der Waals surface area (Å²) in [7, 11) is 0. The standard InChI is InChI=1S/C13H12N2OS/c1-10-2-4-11(5-3-10)6-7-12(16)15-13-14-8-9-17-13/h2-9H,1H3,(H,14,15,16)/b7-6+. The Morgan fingerprint density at radius 1 is 1.35 bits per heavy atom. The number of aryl methyl sites for hydroxylation is 1. The number of carbonyl (C=O) groups is 1. The number of benzene rings is 1. The molecule has 0 fully saturated rings. The van der Waals surface area contributed by atoms with Crippen LogP contribution in [0.25, 0.3) is 6.08 Å². The normalized spacial score (nSPS) is 10.6. The molecule has 2 aromatic rings. The van der Waals surface area contributed by atoms with E-state index in [1.165, 1.54) is 23.0 Å². The molecule has 1 heterocycles. The van der Waals surface area contributed by atoms with Crippen LogP contribution in [0.1, 0.15) is 11.1 Å². The molecule has 0 spiro atoms. The van der Waals surface area contributed by atoms with Crippen molar-refractivity contribution in [1.29, 1.82) is 0 Å². The molecule has 4 heteroatoms. The molecule has 2 rings (SSSR count). The highest BCUT2D eigenvalue weighted by Crippen LogP contribution is 2.10. The van der Waals surface area contributed by atoms with Gasteiger partial charge in [0, 0.05) is 17.7 Å². The lowest BCUT2D eigenvalue weighted by molar-refractivity contribution is -0.111. The summed E-state index contributed by atoms with van der Waals surface area (Å²) in [6.07, 6.45) is 4.94. The van der Waals surface area contributed by atoms with Crippen LogP contribution in [0.3, 0.4) is 0 Å². The summed E-state index contributed by atoms with van der Waals surface area (Å²) >= 11 is 1.40. The van der Waals surface area contributed by atoms with Gasteiger partial charge in [0.1, 0.15) is 0 Å². The number of carbonyl (C=O) groups excluding carboxylic acids is 1. The number of hydrogen-bond donors (Lipinski definition) is 1. The van der Waals surface area contributed by atoms with E-state index in [-0.39, 0.29) is 5.91 Å². The number of amides is 1. The second kappa shape index (κ2) is 5.41. The van der Waals surface area contributed by atoms with Crippen molar-refractivity contribution >= 4 is 28.5 Å². The first-order valence-corrected chi connectivity index (χ1v) is 6.07. The lowest BCUT2D eigenvalue weighted by atomic mass is 10.1. The Kier molecular flexibility index (Phi) is 3.67. The minimum absolute atomic E-state index is 0.166. The zero-order chi connectivity index (χ0) is 12.1. The van der Waals surface area contributed by atoms with E-state index in [1.807, 2.05) is 36.6 Å². The van der Waals surface area contributed by atoms with Crippen LogP contribution in [0.4, 0.5) is 5.13 Å². The molecule has 0 saturated heterocycles. The minimum atomic E-state index is -0.166. The molecule has 0 aliphatic carbocycles. The van der Waals surface area contributed by atoms with Gasteiger partial charge in [-0.2, -0.15) is 0 Å². The number of hydrogen-bond acceptors (Lipinski definition) is 3. The summed E-state index contributed by atoms with van der Waals surface area (Å²) in [6.45, 7) is 2.03. The molecule has 0 aliphatic heterocycles. The molecule has 86 valence electrons. The fourth-order valence-electron chi connectivity index (χ4n) is 1.28. The summed E-state index contributed by atoms with van der Waals surface area (Å²) in [5.74, 6) is -0.166. The molecule has 0 atom stereocenters. The number of anilines is 1. The Morgan fingerprint density at radius 2 is 2.12 bits per heavy atom. The average Bonchev–Trinajstić information content (AvgIpc) is 2.81. The van der Waals surface area contributed by atoms with Gasteiger partial charge < -0.3 is 0 Å². The third-order valence-electron chi connectivity index (χ3n) is 2.17. The SMILES string of the molecule is Cc1ccc(/C=C/C(=O)Nc2nccs2)cc1. The summed E-state index contributed by atoms with van der Waals surface area (Å²) in [5.41, 5.74) is 2.21. The maximum absolute atomic E-state index is 11.5. The van der Waals surface area contributed by atoms with Gasteiger partial charge in [-0.3, -0.25) is 10.1 Å². The lowest BCUT2D eigenvalue weighted by Gasteiger charge is -1.96. The second-order valence-corrected chi connectivity index (χ2v) is 4.47. The fourth-order valence-corrected chi connectivity index (χ4v) is 1.81. The Balaban J connectivity index is 1.96. The van der Waals surface area contributed by atoms with Crippen molar-refractivity contribution in [1.82, 2.24) is 4.98 Å². The zero-order valence-corrected chi connectivity index (χ0v) is 10.2. The van der Waals surface area contributed by atoms with E-state index in [0.717, 1.165) is 5.56 Å². The molecule has 0 saturated carbocycles. The van der Waals surface area contributed by atoms with Crippen LogP contribution in [-0.4, -0.2) is 10.9 Å². The molecular weight excluding hydrogens is 232 g/mol. The Morgan fingerprint density at radius 3 is 2.76 bits per heavy atom. The van der Waals surface area contributed by atoms with E-state index < -0.39 is 0 Å². The van der Waals surface area contributed by atoms with Gasteiger partial charge in [-0.05, 0) is 18.6 Å². The molecule has 1 amide bonds. The first kappa shape index (κ1) is 11.5. The van der Waals surface area contributed by atoms with Crippen LogP contribution < -0.4 is 5.32 Å². The zero-order valence-electron chi connectivity index (χ0n) is 9.38. The smallest absolute Gasteiger partial charge is 0.250 e. The predicted molar refractivity (Wildman–Crippen MR) is 71.0 cm³/mol. The third kappa shape index (κ3) is 3.53. The maximum atomic E-state index is 11.5. The van der Waals surface area contributed by atoms with Gasteiger partial charge in [-0.1, -0.05) is 29.8 Å². The fraction of sp³-hybridized carbons (Fsp3) is 0.0769. The van der Waals surface area contributed by atoms with Crippen LogP contribution in [0.15, 0.2) is 41.9 Å². The van der Waals surface area contributed by atoms with Crippen LogP contribution in [0, 0.1) is 6.92 Å². The van der Waals surface area contributed by atoms with Crippen LogP contribution >= 0.6 is 11.3 Å². The highest BCUT2D eigenvalue weighted by atomic mass is 32.1. The van der Waals surface area contributed by atoms with Gasteiger partial charge in [0.2, 0.25) is 5.91 Å². The third-order valence-corrected chi connectivity index (χ3v) is 2.86. The van der Waals surface area contributed by atoms with E-state index in [9.17, 15) is 4.79 Å². The lowest BCUT2D eigenvalue weighted by Crippen LogP contribution is -2.06. The molecule has 17 heavy (non-hydrogen) atoms. The predicted octanol–water partition coefficient (Wildman–Crippen LogP) is 3.10. The van der Waals surface area contributed by atoms with Gasteiger partial charge in [0.25, 0.3) is 0 Å². The van der Waals surface area contributed by atoms with Gasteiger partial charge in [0.05, 0.1) is 0 Å². The quantitative estimate of drug-likeness (QED) is 0.843. The van der Waals surface area contributed by atoms with Crippen LogP contribution in [0.5, 0.6) is 0 Å². The Labute approximate surface area is 104 Å². The highest BCUT2D eigenvalue weighted by molar-refractivity contribution is 7.13. The van der Waals surface area contributed by atoms with E-state index in [4.69, 9.17) is 0 Å². The largest absolute Gasteiger partial charge is 0.298 e. The van der Waals surface area contributed by atoms with Gasteiger partial charge in [-0.25, -0.2) is 4.98 Å². The minimum Gasteiger partial charge on any atom is -0.298 e.